The van der Waals surface area contributed by atoms with Crippen molar-refractivity contribution in [3.63, 3.8) is 0 Å². The van der Waals surface area contributed by atoms with E-state index in [-0.39, 0.29) is 5.91 Å². The minimum atomic E-state index is -0.121. The molecule has 104 valence electrons. The highest BCUT2D eigenvalue weighted by atomic mass is 127. The Kier molecular flexibility index (Phi) is 4.01. The van der Waals surface area contributed by atoms with Gasteiger partial charge in [-0.05, 0) is 71.1 Å². The van der Waals surface area contributed by atoms with Gasteiger partial charge in [-0.25, -0.2) is 4.68 Å². The summed E-state index contributed by atoms with van der Waals surface area (Å²) in [6.07, 6.45) is 3.58. The zero-order chi connectivity index (χ0) is 14.7. The fourth-order valence-electron chi connectivity index (χ4n) is 1.95. The van der Waals surface area contributed by atoms with Crippen LogP contribution < -0.4 is 5.32 Å². The van der Waals surface area contributed by atoms with E-state index in [0.717, 1.165) is 14.9 Å². The van der Waals surface area contributed by atoms with Crippen LogP contribution in [0.15, 0.2) is 67.0 Å². The van der Waals surface area contributed by atoms with Gasteiger partial charge in [0.05, 0.1) is 5.69 Å². The monoisotopic (exact) mass is 389 g/mol. The van der Waals surface area contributed by atoms with Crippen LogP contribution in [0.3, 0.4) is 0 Å². The van der Waals surface area contributed by atoms with Crippen molar-refractivity contribution in [1.82, 2.24) is 9.78 Å². The fourth-order valence-corrected chi connectivity index (χ4v) is 2.31. The molecule has 3 aromatic rings. The second-order valence-corrected chi connectivity index (χ2v) is 5.71. The van der Waals surface area contributed by atoms with Gasteiger partial charge in [-0.1, -0.05) is 6.07 Å². The Hall–Kier alpha value is -2.15. The maximum atomic E-state index is 12.2. The minimum Gasteiger partial charge on any atom is -0.322 e. The first kappa shape index (κ1) is 13.8. The molecular weight excluding hydrogens is 377 g/mol. The molecular formula is C16H12IN3O. The number of anilines is 1. The van der Waals surface area contributed by atoms with E-state index >= 15 is 0 Å². The molecule has 21 heavy (non-hydrogen) atoms. The van der Waals surface area contributed by atoms with Gasteiger partial charge in [0, 0.05) is 27.2 Å². The number of carbonyl (C=O) groups excluding carboxylic acids is 1. The second-order valence-electron chi connectivity index (χ2n) is 4.46. The van der Waals surface area contributed by atoms with Crippen LogP contribution in [-0.4, -0.2) is 15.7 Å². The summed E-state index contributed by atoms with van der Waals surface area (Å²) in [4.78, 5) is 12.2. The minimum absolute atomic E-state index is 0.121. The number of carbonyl (C=O) groups is 1. The van der Waals surface area contributed by atoms with E-state index in [1.54, 1.807) is 10.9 Å². The van der Waals surface area contributed by atoms with Gasteiger partial charge in [-0.2, -0.15) is 5.10 Å². The second kappa shape index (κ2) is 6.09. The van der Waals surface area contributed by atoms with Crippen molar-refractivity contribution in [3.05, 3.63) is 76.1 Å². The van der Waals surface area contributed by atoms with Crippen molar-refractivity contribution < 1.29 is 4.79 Å². The van der Waals surface area contributed by atoms with Gasteiger partial charge in [0.2, 0.25) is 0 Å². The first-order chi connectivity index (χ1) is 10.2. The lowest BCUT2D eigenvalue weighted by Gasteiger charge is -2.08. The Bertz CT molecular complexity index is 751. The molecule has 0 radical (unpaired) electrons. The number of benzene rings is 2. The molecule has 0 aliphatic rings. The van der Waals surface area contributed by atoms with Crippen LogP contribution in [0.4, 0.5) is 5.69 Å². The third kappa shape index (κ3) is 3.30. The Balaban J connectivity index is 1.80. The zero-order valence-corrected chi connectivity index (χ0v) is 13.2. The van der Waals surface area contributed by atoms with Crippen LogP contribution in [0.2, 0.25) is 0 Å². The fraction of sp³-hybridized carbons (Fsp3) is 0. The van der Waals surface area contributed by atoms with Crippen molar-refractivity contribution >= 4 is 34.2 Å². The van der Waals surface area contributed by atoms with Crippen LogP contribution in [0.25, 0.3) is 5.69 Å². The number of hydrogen-bond donors (Lipinski definition) is 1. The van der Waals surface area contributed by atoms with E-state index in [2.05, 4.69) is 33.0 Å². The predicted octanol–water partition coefficient (Wildman–Crippen LogP) is 3.73. The molecule has 1 N–H and O–H groups in total. The molecule has 5 heteroatoms. The third-order valence-electron chi connectivity index (χ3n) is 2.98. The molecule has 2 aromatic carbocycles. The summed E-state index contributed by atoms with van der Waals surface area (Å²) >= 11 is 2.21. The quantitative estimate of drug-likeness (QED) is 0.694. The SMILES string of the molecule is O=C(Nc1cccc(-n2cccn2)c1)c1ccc(I)cc1. The highest BCUT2D eigenvalue weighted by Crippen LogP contribution is 2.15. The molecule has 0 saturated heterocycles. The maximum Gasteiger partial charge on any atom is 0.255 e. The standard InChI is InChI=1S/C16H12IN3O/c17-13-7-5-12(6-8-13)16(21)19-14-3-1-4-15(11-14)20-10-2-9-18-20/h1-11H,(H,19,21). The van der Waals surface area contributed by atoms with Gasteiger partial charge in [-0.15, -0.1) is 0 Å². The lowest BCUT2D eigenvalue weighted by Crippen LogP contribution is -2.12. The van der Waals surface area contributed by atoms with Crippen LogP contribution in [0, 0.1) is 3.57 Å². The van der Waals surface area contributed by atoms with Crippen molar-refractivity contribution in [2.75, 3.05) is 5.32 Å². The summed E-state index contributed by atoms with van der Waals surface area (Å²) in [7, 11) is 0. The zero-order valence-electron chi connectivity index (χ0n) is 11.0. The summed E-state index contributed by atoms with van der Waals surface area (Å²) in [6.45, 7) is 0. The summed E-state index contributed by atoms with van der Waals surface area (Å²) in [5, 5.41) is 7.08. The molecule has 0 fully saturated rings. The number of rotatable bonds is 3. The molecule has 0 atom stereocenters. The number of nitrogens with zero attached hydrogens (tertiary/aromatic N) is 2. The molecule has 4 nitrogen and oxygen atoms in total. The highest BCUT2D eigenvalue weighted by molar-refractivity contribution is 14.1. The summed E-state index contributed by atoms with van der Waals surface area (Å²) in [5.74, 6) is -0.121. The van der Waals surface area contributed by atoms with Gasteiger partial charge in [0.25, 0.3) is 5.91 Å². The molecule has 0 aliphatic carbocycles. The largest absolute Gasteiger partial charge is 0.322 e. The van der Waals surface area contributed by atoms with Crippen molar-refractivity contribution in [2.24, 2.45) is 0 Å². The first-order valence-electron chi connectivity index (χ1n) is 6.39. The lowest BCUT2D eigenvalue weighted by atomic mass is 10.2. The average molecular weight is 389 g/mol. The predicted molar refractivity (Wildman–Crippen MR) is 90.7 cm³/mol. The van der Waals surface area contributed by atoms with E-state index in [0.29, 0.717) is 5.56 Å². The molecule has 0 spiro atoms. The number of aromatic nitrogens is 2. The molecule has 1 amide bonds. The molecule has 0 bridgehead atoms. The van der Waals surface area contributed by atoms with Crippen LogP contribution >= 0.6 is 22.6 Å². The lowest BCUT2D eigenvalue weighted by molar-refractivity contribution is 0.102. The van der Waals surface area contributed by atoms with E-state index in [1.807, 2.05) is 60.8 Å². The Morgan fingerprint density at radius 3 is 2.62 bits per heavy atom. The van der Waals surface area contributed by atoms with Gasteiger partial charge in [0.15, 0.2) is 0 Å². The van der Waals surface area contributed by atoms with Crippen LogP contribution in [0.1, 0.15) is 10.4 Å². The maximum absolute atomic E-state index is 12.2. The Labute approximate surface area is 135 Å². The first-order valence-corrected chi connectivity index (χ1v) is 7.47. The molecule has 1 aromatic heterocycles. The van der Waals surface area contributed by atoms with E-state index < -0.39 is 0 Å². The van der Waals surface area contributed by atoms with Crippen LogP contribution in [-0.2, 0) is 0 Å². The average Bonchev–Trinajstić information content (AvgIpc) is 3.02. The van der Waals surface area contributed by atoms with Gasteiger partial charge < -0.3 is 5.32 Å². The van der Waals surface area contributed by atoms with Crippen molar-refractivity contribution in [1.29, 1.82) is 0 Å². The number of halogens is 1. The number of nitrogens with one attached hydrogen (secondary N) is 1. The van der Waals surface area contributed by atoms with Crippen molar-refractivity contribution in [2.45, 2.75) is 0 Å². The number of hydrogen-bond acceptors (Lipinski definition) is 2. The molecule has 0 unspecified atom stereocenters. The molecule has 0 aliphatic heterocycles. The Morgan fingerprint density at radius 2 is 1.90 bits per heavy atom. The van der Waals surface area contributed by atoms with Gasteiger partial charge >= 0.3 is 0 Å². The van der Waals surface area contributed by atoms with Crippen LogP contribution in [0.5, 0.6) is 0 Å². The molecule has 3 rings (SSSR count). The third-order valence-corrected chi connectivity index (χ3v) is 3.70. The molecule has 0 saturated carbocycles. The summed E-state index contributed by atoms with van der Waals surface area (Å²) in [6, 6.07) is 16.9. The van der Waals surface area contributed by atoms with Gasteiger partial charge in [-0.3, -0.25) is 4.79 Å². The summed E-state index contributed by atoms with van der Waals surface area (Å²) < 4.78 is 2.85. The van der Waals surface area contributed by atoms with E-state index in [4.69, 9.17) is 0 Å². The number of amides is 1. The van der Waals surface area contributed by atoms with Gasteiger partial charge in [0.1, 0.15) is 0 Å². The summed E-state index contributed by atoms with van der Waals surface area (Å²) in [5.41, 5.74) is 2.28. The smallest absolute Gasteiger partial charge is 0.255 e. The van der Waals surface area contributed by atoms with E-state index in [9.17, 15) is 4.79 Å². The Morgan fingerprint density at radius 1 is 1.10 bits per heavy atom. The van der Waals surface area contributed by atoms with Crippen molar-refractivity contribution in [3.8, 4) is 5.69 Å². The van der Waals surface area contributed by atoms with E-state index in [1.165, 1.54) is 0 Å². The topological polar surface area (TPSA) is 46.9 Å². The molecule has 1 heterocycles. The highest BCUT2D eigenvalue weighted by Gasteiger charge is 2.06. The normalized spacial score (nSPS) is 10.3.